The van der Waals surface area contributed by atoms with Crippen LogP contribution in [0.3, 0.4) is 0 Å². The lowest BCUT2D eigenvalue weighted by Crippen LogP contribution is -2.39. The van der Waals surface area contributed by atoms with Crippen molar-refractivity contribution in [3.8, 4) is 0 Å². The van der Waals surface area contributed by atoms with Crippen LogP contribution in [0.1, 0.15) is 47.9 Å². The number of pyridine rings is 2. The SMILES string of the molecule is OC1(c2cncc(C(F)(F)F)c2)CCNCC1.OC1(c2cncc(C(F)(F)F)c2)CCNCC1. The molecule has 0 saturated carbocycles. The van der Waals surface area contributed by atoms with Gasteiger partial charge in [0.05, 0.1) is 22.3 Å². The van der Waals surface area contributed by atoms with E-state index >= 15 is 0 Å². The molecule has 4 N–H and O–H groups in total. The van der Waals surface area contributed by atoms with Crippen molar-refractivity contribution in [2.75, 3.05) is 26.2 Å². The minimum Gasteiger partial charge on any atom is -0.385 e. The Kier molecular flexibility index (Phi) is 7.85. The molecule has 0 amide bonds. The van der Waals surface area contributed by atoms with E-state index in [9.17, 15) is 36.6 Å². The summed E-state index contributed by atoms with van der Waals surface area (Å²) in [6.45, 7) is 2.36. The molecule has 2 aromatic rings. The quantitative estimate of drug-likeness (QED) is 0.481. The maximum absolute atomic E-state index is 12.5. The van der Waals surface area contributed by atoms with Crippen LogP contribution in [0.15, 0.2) is 36.9 Å². The van der Waals surface area contributed by atoms with Crippen LogP contribution in [-0.4, -0.2) is 46.4 Å². The summed E-state index contributed by atoms with van der Waals surface area (Å²) >= 11 is 0. The van der Waals surface area contributed by atoms with Crippen LogP contribution >= 0.6 is 0 Å². The predicted octanol–water partition coefficient (Wildman–Crippen LogP) is 3.34. The van der Waals surface area contributed by atoms with Crippen molar-refractivity contribution >= 4 is 0 Å². The zero-order valence-electron chi connectivity index (χ0n) is 18.2. The number of hydrogen-bond donors (Lipinski definition) is 4. The standard InChI is InChI=1S/2C11H13F3N2O/c2*12-11(13,14)9-5-8(6-16-7-9)10(17)1-3-15-4-2-10/h2*5-7,15,17H,1-4H2. The third-order valence-electron chi connectivity index (χ3n) is 6.07. The molecule has 0 bridgehead atoms. The Morgan fingerprint density at radius 2 is 0.941 bits per heavy atom. The van der Waals surface area contributed by atoms with E-state index in [0.29, 0.717) is 51.9 Å². The lowest BCUT2D eigenvalue weighted by molar-refractivity contribution is -0.138. The van der Waals surface area contributed by atoms with Gasteiger partial charge in [-0.1, -0.05) is 0 Å². The van der Waals surface area contributed by atoms with Crippen molar-refractivity contribution in [2.24, 2.45) is 0 Å². The number of nitrogens with zero attached hydrogens (tertiary/aromatic N) is 2. The average molecular weight is 492 g/mol. The van der Waals surface area contributed by atoms with Gasteiger partial charge in [-0.2, -0.15) is 26.3 Å². The van der Waals surface area contributed by atoms with Crippen LogP contribution in [-0.2, 0) is 23.6 Å². The minimum absolute atomic E-state index is 0.244. The number of aromatic nitrogens is 2. The molecule has 6 nitrogen and oxygen atoms in total. The summed E-state index contributed by atoms with van der Waals surface area (Å²) in [5.41, 5.74) is -3.54. The molecule has 188 valence electrons. The van der Waals surface area contributed by atoms with Gasteiger partial charge in [-0.3, -0.25) is 9.97 Å². The van der Waals surface area contributed by atoms with Crippen LogP contribution in [0.4, 0.5) is 26.3 Å². The van der Waals surface area contributed by atoms with Gasteiger partial charge in [0, 0.05) is 35.9 Å². The molecule has 4 heterocycles. The number of rotatable bonds is 2. The van der Waals surface area contributed by atoms with E-state index in [2.05, 4.69) is 20.6 Å². The summed E-state index contributed by atoms with van der Waals surface area (Å²) in [5.74, 6) is 0. The highest BCUT2D eigenvalue weighted by atomic mass is 19.4. The topological polar surface area (TPSA) is 90.3 Å². The number of piperidine rings is 2. The van der Waals surface area contributed by atoms with Gasteiger partial charge in [-0.05, 0) is 64.0 Å². The predicted molar refractivity (Wildman–Crippen MR) is 110 cm³/mol. The first-order valence-electron chi connectivity index (χ1n) is 10.8. The lowest BCUT2D eigenvalue weighted by Gasteiger charge is -2.33. The molecule has 0 aliphatic carbocycles. The molecule has 2 fully saturated rings. The molecular weight excluding hydrogens is 466 g/mol. The maximum atomic E-state index is 12.5. The molecule has 4 rings (SSSR count). The first kappa shape index (κ1) is 26.3. The number of alkyl halides is 6. The molecule has 0 spiro atoms. The van der Waals surface area contributed by atoms with Gasteiger partial charge in [0.25, 0.3) is 0 Å². The highest BCUT2D eigenvalue weighted by Crippen LogP contribution is 2.36. The molecule has 2 saturated heterocycles. The fourth-order valence-corrected chi connectivity index (χ4v) is 3.96. The average Bonchev–Trinajstić information content (AvgIpc) is 2.80. The Labute approximate surface area is 192 Å². The van der Waals surface area contributed by atoms with Gasteiger partial charge in [-0.15, -0.1) is 0 Å². The van der Waals surface area contributed by atoms with E-state index in [1.165, 1.54) is 12.4 Å². The fraction of sp³-hybridized carbons (Fsp3) is 0.545. The van der Waals surface area contributed by atoms with Gasteiger partial charge in [0.1, 0.15) is 0 Å². The Hall–Kier alpha value is -2.28. The van der Waals surface area contributed by atoms with Crippen molar-refractivity contribution in [3.05, 3.63) is 59.2 Å². The molecule has 0 radical (unpaired) electrons. The van der Waals surface area contributed by atoms with E-state index in [-0.39, 0.29) is 11.1 Å². The van der Waals surface area contributed by atoms with Crippen molar-refractivity contribution in [1.82, 2.24) is 20.6 Å². The van der Waals surface area contributed by atoms with Crippen LogP contribution < -0.4 is 10.6 Å². The number of hydrogen-bond acceptors (Lipinski definition) is 6. The van der Waals surface area contributed by atoms with Gasteiger partial charge in [0.2, 0.25) is 0 Å². The van der Waals surface area contributed by atoms with Crippen LogP contribution in [0.25, 0.3) is 0 Å². The molecular formula is C22H26F6N4O2. The van der Waals surface area contributed by atoms with Crippen molar-refractivity contribution in [3.63, 3.8) is 0 Å². The van der Waals surface area contributed by atoms with Crippen LogP contribution in [0, 0.1) is 0 Å². The fourth-order valence-electron chi connectivity index (χ4n) is 3.96. The zero-order valence-corrected chi connectivity index (χ0v) is 18.2. The second kappa shape index (κ2) is 10.1. The Morgan fingerprint density at radius 1 is 0.618 bits per heavy atom. The second-order valence-corrected chi connectivity index (χ2v) is 8.48. The van der Waals surface area contributed by atoms with Crippen LogP contribution in [0.2, 0.25) is 0 Å². The summed E-state index contributed by atoms with van der Waals surface area (Å²) in [7, 11) is 0. The molecule has 0 aromatic carbocycles. The molecule has 0 atom stereocenters. The van der Waals surface area contributed by atoms with E-state index in [1.807, 2.05) is 0 Å². The van der Waals surface area contributed by atoms with Crippen LogP contribution in [0.5, 0.6) is 0 Å². The van der Waals surface area contributed by atoms with Crippen molar-refractivity contribution < 1.29 is 36.6 Å². The lowest BCUT2D eigenvalue weighted by atomic mass is 9.85. The number of halogens is 6. The Bertz CT molecular complexity index is 877. The largest absolute Gasteiger partial charge is 0.417 e. The Morgan fingerprint density at radius 3 is 1.24 bits per heavy atom. The van der Waals surface area contributed by atoms with Gasteiger partial charge < -0.3 is 20.8 Å². The smallest absolute Gasteiger partial charge is 0.385 e. The summed E-state index contributed by atoms with van der Waals surface area (Å²) in [6, 6.07) is 1.97. The van der Waals surface area contributed by atoms with Gasteiger partial charge in [0.15, 0.2) is 0 Å². The molecule has 12 heteroatoms. The monoisotopic (exact) mass is 492 g/mol. The van der Waals surface area contributed by atoms with E-state index < -0.39 is 34.7 Å². The summed E-state index contributed by atoms with van der Waals surface area (Å²) in [4.78, 5) is 7.14. The number of nitrogens with one attached hydrogen (secondary N) is 2. The normalized spacial score (nSPS) is 20.2. The van der Waals surface area contributed by atoms with Gasteiger partial charge in [-0.25, -0.2) is 0 Å². The summed E-state index contributed by atoms with van der Waals surface area (Å²) in [5, 5.41) is 26.7. The molecule has 34 heavy (non-hydrogen) atoms. The van der Waals surface area contributed by atoms with E-state index in [1.54, 1.807) is 0 Å². The summed E-state index contributed by atoms with van der Waals surface area (Å²) < 4.78 is 75.2. The Balaban J connectivity index is 0.000000191. The second-order valence-electron chi connectivity index (χ2n) is 8.48. The number of aliphatic hydroxyl groups is 2. The summed E-state index contributed by atoms with van der Waals surface area (Å²) in [6.07, 6.45) is -3.10. The highest BCUT2D eigenvalue weighted by Gasteiger charge is 2.37. The molecule has 0 unspecified atom stereocenters. The zero-order chi connectivity index (χ0) is 25.0. The van der Waals surface area contributed by atoms with E-state index in [4.69, 9.17) is 0 Å². The third kappa shape index (κ3) is 6.44. The minimum atomic E-state index is -4.42. The molecule has 2 aliphatic heterocycles. The van der Waals surface area contributed by atoms with Crippen molar-refractivity contribution in [1.29, 1.82) is 0 Å². The molecule has 2 aromatic heterocycles. The van der Waals surface area contributed by atoms with Gasteiger partial charge >= 0.3 is 12.4 Å². The third-order valence-corrected chi connectivity index (χ3v) is 6.07. The first-order chi connectivity index (χ1) is 15.8. The first-order valence-corrected chi connectivity index (χ1v) is 10.8. The highest BCUT2D eigenvalue weighted by molar-refractivity contribution is 5.27. The maximum Gasteiger partial charge on any atom is 0.417 e. The molecule has 2 aliphatic rings. The van der Waals surface area contributed by atoms with Crippen molar-refractivity contribution in [2.45, 2.75) is 49.2 Å². The van der Waals surface area contributed by atoms with E-state index in [0.717, 1.165) is 24.5 Å².